The Morgan fingerprint density at radius 2 is 1.59 bits per heavy atom. The van der Waals surface area contributed by atoms with Crippen molar-refractivity contribution in [3.8, 4) is 0 Å². The summed E-state index contributed by atoms with van der Waals surface area (Å²) in [7, 11) is 0. The maximum atomic E-state index is 11.5. The number of ether oxygens (including phenoxy) is 4. The first kappa shape index (κ1) is 16.7. The van der Waals surface area contributed by atoms with Crippen molar-refractivity contribution in [2.75, 3.05) is 0 Å². The van der Waals surface area contributed by atoms with Gasteiger partial charge in [-0.15, -0.1) is 0 Å². The SMILES string of the molecule is CC(=O)O[C@@H]1C(C(=O)O)C[C@@H](OC(C)=O)[C@@H]2OC(C)(C)O[C@@H]21. The molecule has 0 amide bonds. The monoisotopic (exact) mass is 316 g/mol. The second kappa shape index (κ2) is 5.85. The van der Waals surface area contributed by atoms with Gasteiger partial charge in [-0.05, 0) is 13.8 Å². The molecule has 1 aliphatic heterocycles. The molecule has 22 heavy (non-hydrogen) atoms. The van der Waals surface area contributed by atoms with E-state index in [9.17, 15) is 19.5 Å². The molecule has 1 aliphatic carbocycles. The summed E-state index contributed by atoms with van der Waals surface area (Å²) in [5.41, 5.74) is 0. The van der Waals surface area contributed by atoms with Crippen LogP contribution in [0.2, 0.25) is 0 Å². The lowest BCUT2D eigenvalue weighted by atomic mass is 9.80. The maximum absolute atomic E-state index is 11.5. The van der Waals surface area contributed by atoms with Crippen molar-refractivity contribution in [2.45, 2.75) is 64.3 Å². The summed E-state index contributed by atoms with van der Waals surface area (Å²) >= 11 is 0. The number of aliphatic carboxylic acids is 1. The quantitative estimate of drug-likeness (QED) is 0.749. The summed E-state index contributed by atoms with van der Waals surface area (Å²) in [6, 6.07) is 0. The molecule has 0 aromatic carbocycles. The Balaban J connectivity index is 2.32. The first-order valence-corrected chi connectivity index (χ1v) is 7.03. The van der Waals surface area contributed by atoms with E-state index in [0.29, 0.717) is 0 Å². The Morgan fingerprint density at radius 1 is 1.05 bits per heavy atom. The fourth-order valence-electron chi connectivity index (χ4n) is 3.02. The predicted molar refractivity (Wildman–Crippen MR) is 70.7 cm³/mol. The van der Waals surface area contributed by atoms with Gasteiger partial charge in [0.15, 0.2) is 5.79 Å². The molecular weight excluding hydrogens is 296 g/mol. The van der Waals surface area contributed by atoms with Crippen LogP contribution in [-0.4, -0.2) is 53.2 Å². The molecule has 0 bridgehead atoms. The molecule has 124 valence electrons. The Labute approximate surface area is 127 Å². The molecule has 8 heteroatoms. The molecule has 2 aliphatic rings. The second-order valence-electron chi connectivity index (χ2n) is 5.97. The van der Waals surface area contributed by atoms with E-state index in [4.69, 9.17) is 18.9 Å². The van der Waals surface area contributed by atoms with Crippen molar-refractivity contribution in [3.05, 3.63) is 0 Å². The van der Waals surface area contributed by atoms with Gasteiger partial charge in [-0.3, -0.25) is 14.4 Å². The Morgan fingerprint density at radius 3 is 2.09 bits per heavy atom. The van der Waals surface area contributed by atoms with Crippen molar-refractivity contribution < 1.29 is 38.4 Å². The predicted octanol–water partition coefficient (Wildman–Crippen LogP) is 0.474. The molecular formula is C14H20O8. The minimum absolute atomic E-state index is 0.00648. The highest BCUT2D eigenvalue weighted by Crippen LogP contribution is 2.42. The number of carboxylic acid groups (broad SMARTS) is 1. The van der Waals surface area contributed by atoms with E-state index in [-0.39, 0.29) is 6.42 Å². The van der Waals surface area contributed by atoms with Gasteiger partial charge in [0.1, 0.15) is 24.4 Å². The van der Waals surface area contributed by atoms with Crippen molar-refractivity contribution in [1.29, 1.82) is 0 Å². The van der Waals surface area contributed by atoms with Crippen molar-refractivity contribution in [1.82, 2.24) is 0 Å². The van der Waals surface area contributed by atoms with Gasteiger partial charge in [0.2, 0.25) is 0 Å². The number of hydrogen-bond donors (Lipinski definition) is 1. The molecule has 8 nitrogen and oxygen atoms in total. The van der Waals surface area contributed by atoms with E-state index >= 15 is 0 Å². The summed E-state index contributed by atoms with van der Waals surface area (Å²) in [6.07, 6.45) is -3.25. The normalized spacial score (nSPS) is 36.3. The van der Waals surface area contributed by atoms with Gasteiger partial charge < -0.3 is 24.1 Å². The summed E-state index contributed by atoms with van der Waals surface area (Å²) in [6.45, 7) is 5.77. The lowest BCUT2D eigenvalue weighted by Gasteiger charge is -2.39. The van der Waals surface area contributed by atoms with E-state index in [0.717, 1.165) is 0 Å². The number of carboxylic acids is 1. The van der Waals surface area contributed by atoms with Crippen LogP contribution in [0.25, 0.3) is 0 Å². The number of hydrogen-bond acceptors (Lipinski definition) is 7. The van der Waals surface area contributed by atoms with Crippen LogP contribution in [0, 0.1) is 5.92 Å². The smallest absolute Gasteiger partial charge is 0.310 e. The van der Waals surface area contributed by atoms with Crippen LogP contribution in [0.1, 0.15) is 34.1 Å². The number of carbonyl (C=O) groups is 3. The minimum atomic E-state index is -1.14. The molecule has 2 fully saturated rings. The Hall–Kier alpha value is -1.67. The molecule has 5 atom stereocenters. The number of fused-ring (bicyclic) bond motifs is 1. The van der Waals surface area contributed by atoms with Crippen LogP contribution < -0.4 is 0 Å². The molecule has 0 spiro atoms. The van der Waals surface area contributed by atoms with Gasteiger partial charge in [0.05, 0.1) is 5.92 Å². The standard InChI is InChI=1S/C14H20O8/c1-6(15)19-9-5-8(13(17)18)10(20-7(2)16)12-11(9)21-14(3,4)22-12/h8-12H,5H2,1-4H3,(H,17,18)/t8?,9-,10-,11+,12-/m1/s1. The van der Waals surface area contributed by atoms with Crippen molar-refractivity contribution >= 4 is 17.9 Å². The third-order valence-corrected chi connectivity index (χ3v) is 3.67. The first-order valence-electron chi connectivity index (χ1n) is 7.03. The van der Waals surface area contributed by atoms with Gasteiger partial charge in [-0.1, -0.05) is 0 Å². The summed E-state index contributed by atoms with van der Waals surface area (Å²) in [4.78, 5) is 34.0. The average Bonchev–Trinajstić information content (AvgIpc) is 2.66. The minimum Gasteiger partial charge on any atom is -0.481 e. The fraction of sp³-hybridized carbons (Fsp3) is 0.786. The molecule has 1 heterocycles. The molecule has 2 rings (SSSR count). The van der Waals surface area contributed by atoms with E-state index in [1.54, 1.807) is 13.8 Å². The van der Waals surface area contributed by atoms with Crippen LogP contribution in [0.15, 0.2) is 0 Å². The zero-order valence-corrected chi connectivity index (χ0v) is 12.9. The average molecular weight is 316 g/mol. The number of esters is 2. The summed E-state index contributed by atoms with van der Waals surface area (Å²) < 4.78 is 21.8. The topological polar surface area (TPSA) is 108 Å². The van der Waals surface area contributed by atoms with E-state index in [1.165, 1.54) is 13.8 Å². The van der Waals surface area contributed by atoms with Crippen molar-refractivity contribution in [2.24, 2.45) is 5.92 Å². The lowest BCUT2D eigenvalue weighted by Crippen LogP contribution is -2.56. The van der Waals surface area contributed by atoms with E-state index in [2.05, 4.69) is 0 Å². The second-order valence-corrected chi connectivity index (χ2v) is 5.97. The molecule has 0 aromatic rings. The van der Waals surface area contributed by atoms with Crippen molar-refractivity contribution in [3.63, 3.8) is 0 Å². The molecule has 1 unspecified atom stereocenters. The van der Waals surface area contributed by atoms with Gasteiger partial charge >= 0.3 is 17.9 Å². The fourth-order valence-corrected chi connectivity index (χ4v) is 3.02. The van der Waals surface area contributed by atoms with Crippen LogP contribution in [0.4, 0.5) is 0 Å². The van der Waals surface area contributed by atoms with Gasteiger partial charge in [-0.25, -0.2) is 0 Å². The third-order valence-electron chi connectivity index (χ3n) is 3.67. The molecule has 1 N–H and O–H groups in total. The molecule has 1 saturated carbocycles. The van der Waals surface area contributed by atoms with E-state index < -0.39 is 54.0 Å². The van der Waals surface area contributed by atoms with Crippen LogP contribution in [0.5, 0.6) is 0 Å². The number of carbonyl (C=O) groups excluding carboxylic acids is 2. The number of rotatable bonds is 3. The Kier molecular flexibility index (Phi) is 4.44. The van der Waals surface area contributed by atoms with Crippen LogP contribution >= 0.6 is 0 Å². The third kappa shape index (κ3) is 3.38. The zero-order valence-electron chi connectivity index (χ0n) is 12.9. The zero-order chi connectivity index (χ0) is 16.7. The van der Waals surface area contributed by atoms with Gasteiger partial charge in [-0.2, -0.15) is 0 Å². The van der Waals surface area contributed by atoms with Crippen LogP contribution in [0.3, 0.4) is 0 Å². The van der Waals surface area contributed by atoms with Gasteiger partial charge in [0.25, 0.3) is 0 Å². The highest BCUT2D eigenvalue weighted by atomic mass is 16.8. The highest BCUT2D eigenvalue weighted by molar-refractivity contribution is 5.73. The summed E-state index contributed by atoms with van der Waals surface area (Å²) in [5, 5.41) is 9.40. The first-order chi connectivity index (χ1) is 10.1. The van der Waals surface area contributed by atoms with Gasteiger partial charge in [0, 0.05) is 20.3 Å². The summed E-state index contributed by atoms with van der Waals surface area (Å²) in [5.74, 6) is -4.30. The maximum Gasteiger partial charge on any atom is 0.310 e. The molecule has 1 saturated heterocycles. The molecule has 0 aromatic heterocycles. The van der Waals surface area contributed by atoms with E-state index in [1.807, 2.05) is 0 Å². The largest absolute Gasteiger partial charge is 0.481 e. The Bertz CT molecular complexity index is 485. The lowest BCUT2D eigenvalue weighted by molar-refractivity contribution is -0.186. The van der Waals surface area contributed by atoms with Crippen LogP contribution in [-0.2, 0) is 33.3 Å². The molecule has 0 radical (unpaired) electrons. The highest BCUT2D eigenvalue weighted by Gasteiger charge is 2.58.